The number of benzene rings is 3. The maximum absolute atomic E-state index is 14.0. The molecule has 8 rings (SSSR count). The fourth-order valence-corrected chi connectivity index (χ4v) is 9.41. The summed E-state index contributed by atoms with van der Waals surface area (Å²) in [4.78, 5) is 72.2. The summed E-state index contributed by atoms with van der Waals surface area (Å²) < 4.78 is 46.7. The van der Waals surface area contributed by atoms with Gasteiger partial charge in [-0.25, -0.2) is 19.6 Å². The number of likely N-dealkylation sites (tertiary alicyclic amines) is 2. The Morgan fingerprint density at radius 1 is 0.875 bits per heavy atom. The van der Waals surface area contributed by atoms with Gasteiger partial charge in [-0.1, -0.05) is 45.9 Å². The number of amides is 4. The monoisotopic (exact) mass is 884 g/mol. The van der Waals surface area contributed by atoms with E-state index >= 15 is 0 Å². The average Bonchev–Trinajstić information content (AvgIpc) is 4.10. The topological polar surface area (TPSA) is 193 Å². The average molecular weight is 885 g/mol. The van der Waals surface area contributed by atoms with Crippen LogP contribution >= 0.6 is 0 Å². The number of nitrogens with one attached hydrogen (secondary N) is 4. The number of rotatable bonds is 12. The standard InChI is InChI=1S/C46H54F2N8O8/c1-22(2)37(53-45(59)61-6)42(57)55-19-25(20-64-44(47)48)14-35(55)40-49-18-33(51-40)27-9-11-29-28(15-27)21-63-36-17-30-26(16-31(29)36)10-12-32-39(30)52-41(50-32)34-13-8-24(5)56(34)43(58)38(23(3)4)54-46(60)62-7/h9-12,15-18,22-25,34-35,37-38,44H,8,13-14,19-21H2,1-7H3,(H,49,51)(H,50,52)(H,53,59)(H,54,60)/t24-,25-,34-,35-,37?,38-/m0/s1. The molecule has 4 N–H and O–H groups in total. The summed E-state index contributed by atoms with van der Waals surface area (Å²) in [5.74, 6) is 0.514. The number of hydrogen-bond donors (Lipinski definition) is 4. The van der Waals surface area contributed by atoms with Crippen molar-refractivity contribution in [2.45, 2.75) is 97.3 Å². The summed E-state index contributed by atoms with van der Waals surface area (Å²) in [6.45, 7) is 6.67. The molecule has 3 aromatic carbocycles. The molecule has 2 aromatic heterocycles. The first-order valence-corrected chi connectivity index (χ1v) is 21.6. The molecule has 4 amide bonds. The fraction of sp³-hybridized carbons (Fsp3) is 0.478. The molecular formula is C46H54F2N8O8. The number of hydrogen-bond acceptors (Lipinski definition) is 10. The number of alkyl carbamates (subject to hydrolysis) is 2. The Kier molecular flexibility index (Phi) is 12.5. The van der Waals surface area contributed by atoms with Gasteiger partial charge in [-0.15, -0.1) is 0 Å². The van der Waals surface area contributed by atoms with Gasteiger partial charge in [0.2, 0.25) is 11.8 Å². The Morgan fingerprint density at radius 2 is 1.59 bits per heavy atom. The lowest BCUT2D eigenvalue weighted by Gasteiger charge is -2.32. The number of aromatic amines is 2. The molecule has 3 aliphatic rings. The summed E-state index contributed by atoms with van der Waals surface area (Å²) in [6.07, 6.45) is 2.13. The first-order chi connectivity index (χ1) is 30.6. The molecule has 0 bridgehead atoms. The molecule has 2 fully saturated rings. The van der Waals surface area contributed by atoms with E-state index in [2.05, 4.69) is 36.4 Å². The van der Waals surface area contributed by atoms with Crippen LogP contribution in [0.1, 0.15) is 83.2 Å². The van der Waals surface area contributed by atoms with E-state index in [0.29, 0.717) is 30.4 Å². The molecule has 0 spiro atoms. The molecule has 0 radical (unpaired) electrons. The number of carbonyl (C=O) groups is 4. The Morgan fingerprint density at radius 3 is 2.28 bits per heavy atom. The Balaban J connectivity index is 1.05. The van der Waals surface area contributed by atoms with Gasteiger partial charge in [0, 0.05) is 29.5 Å². The third kappa shape index (κ3) is 8.54. The van der Waals surface area contributed by atoms with Crippen molar-refractivity contribution in [3.05, 3.63) is 65.9 Å². The third-order valence-corrected chi connectivity index (χ3v) is 12.7. The van der Waals surface area contributed by atoms with Gasteiger partial charge >= 0.3 is 18.8 Å². The van der Waals surface area contributed by atoms with Crippen LogP contribution < -0.4 is 15.4 Å². The number of ether oxygens (including phenoxy) is 4. The summed E-state index contributed by atoms with van der Waals surface area (Å²) in [5.41, 5.74) is 6.05. The SMILES string of the molecule is COC(=O)NC(C(=O)N1C[C@@H](COC(F)F)C[C@H]1c1ncc(-c2ccc3c(c2)COc2cc4c(ccc5nc([C@@H]6CC[C@H](C)N6C(=O)[C@@H](NC(=O)OC)C(C)C)[nH]c54)cc2-3)[nH]1)C(C)C. The Bertz CT molecular complexity index is 2580. The van der Waals surface area contributed by atoms with Crippen molar-refractivity contribution in [1.82, 2.24) is 40.4 Å². The first-order valence-electron chi connectivity index (χ1n) is 21.6. The molecule has 0 aliphatic carbocycles. The maximum Gasteiger partial charge on any atom is 0.407 e. The van der Waals surface area contributed by atoms with E-state index in [9.17, 15) is 28.0 Å². The minimum absolute atomic E-state index is 0.0520. The van der Waals surface area contributed by atoms with Crippen LogP contribution in [-0.4, -0.2) is 106 Å². The summed E-state index contributed by atoms with van der Waals surface area (Å²) in [7, 11) is 2.50. The van der Waals surface area contributed by atoms with Gasteiger partial charge in [-0.2, -0.15) is 8.78 Å². The second-order valence-electron chi connectivity index (χ2n) is 17.6. The Labute approximate surface area is 368 Å². The first kappa shape index (κ1) is 44.3. The number of methoxy groups -OCH3 is 2. The second-order valence-corrected chi connectivity index (χ2v) is 17.6. The molecule has 1 unspecified atom stereocenters. The lowest BCUT2D eigenvalue weighted by Crippen LogP contribution is -2.52. The van der Waals surface area contributed by atoms with E-state index in [-0.39, 0.29) is 54.8 Å². The van der Waals surface area contributed by atoms with Gasteiger partial charge in [0.05, 0.1) is 55.8 Å². The van der Waals surface area contributed by atoms with E-state index in [4.69, 9.17) is 19.2 Å². The molecular weight excluding hydrogens is 831 g/mol. The fourth-order valence-electron chi connectivity index (χ4n) is 9.41. The lowest BCUT2D eigenvalue weighted by atomic mass is 9.92. The minimum atomic E-state index is -2.94. The van der Waals surface area contributed by atoms with Crippen molar-refractivity contribution in [3.8, 4) is 28.1 Å². The highest BCUT2D eigenvalue weighted by molar-refractivity contribution is 6.07. The van der Waals surface area contributed by atoms with Crippen LogP contribution in [0.4, 0.5) is 18.4 Å². The number of imidazole rings is 2. The van der Waals surface area contributed by atoms with E-state index in [1.807, 2.05) is 62.1 Å². The Hall–Kier alpha value is -6.30. The van der Waals surface area contributed by atoms with Gasteiger partial charge < -0.3 is 49.3 Å². The third-order valence-electron chi connectivity index (χ3n) is 12.7. The molecule has 0 saturated carbocycles. The van der Waals surface area contributed by atoms with E-state index < -0.39 is 36.9 Å². The number of carbonyl (C=O) groups excluding carboxylic acids is 4. The highest BCUT2D eigenvalue weighted by Crippen LogP contribution is 2.44. The summed E-state index contributed by atoms with van der Waals surface area (Å²) in [6, 6.07) is 11.6. The van der Waals surface area contributed by atoms with Crippen LogP contribution in [0.5, 0.6) is 5.75 Å². The molecule has 18 heteroatoms. The van der Waals surface area contributed by atoms with Crippen LogP contribution in [0.15, 0.2) is 48.7 Å². The quantitative estimate of drug-likeness (QED) is 0.0970. The maximum atomic E-state index is 14.0. The number of aromatic nitrogens is 4. The van der Waals surface area contributed by atoms with Gasteiger partial charge in [0.15, 0.2) is 0 Å². The van der Waals surface area contributed by atoms with Gasteiger partial charge in [-0.05, 0) is 84.4 Å². The van der Waals surface area contributed by atoms with Gasteiger partial charge in [-0.3, -0.25) is 9.59 Å². The predicted molar refractivity (Wildman–Crippen MR) is 232 cm³/mol. The second kappa shape index (κ2) is 18.1. The van der Waals surface area contributed by atoms with Crippen LogP contribution in [0.3, 0.4) is 0 Å². The van der Waals surface area contributed by atoms with E-state index in [0.717, 1.165) is 62.7 Å². The zero-order valence-corrected chi connectivity index (χ0v) is 36.9. The van der Waals surface area contributed by atoms with Crippen LogP contribution in [0.25, 0.3) is 44.2 Å². The largest absolute Gasteiger partial charge is 0.488 e. The molecule has 2 saturated heterocycles. The molecule has 16 nitrogen and oxygen atoms in total. The molecule has 64 heavy (non-hydrogen) atoms. The highest BCUT2D eigenvalue weighted by Gasteiger charge is 2.43. The zero-order chi connectivity index (χ0) is 45.6. The molecule has 5 aromatic rings. The predicted octanol–water partition coefficient (Wildman–Crippen LogP) is 7.61. The summed E-state index contributed by atoms with van der Waals surface area (Å²) >= 11 is 0. The highest BCUT2D eigenvalue weighted by atomic mass is 19.3. The zero-order valence-electron chi connectivity index (χ0n) is 36.9. The normalized spacial score (nSPS) is 20.4. The van der Waals surface area contributed by atoms with E-state index in [1.54, 1.807) is 24.9 Å². The number of halogens is 2. The summed E-state index contributed by atoms with van der Waals surface area (Å²) in [5, 5.41) is 7.25. The number of alkyl halides is 2. The van der Waals surface area contributed by atoms with Crippen molar-refractivity contribution in [2.75, 3.05) is 27.4 Å². The van der Waals surface area contributed by atoms with Crippen molar-refractivity contribution in [2.24, 2.45) is 17.8 Å². The molecule has 5 heterocycles. The smallest absolute Gasteiger partial charge is 0.407 e. The molecule has 6 atom stereocenters. The van der Waals surface area contributed by atoms with E-state index in [1.165, 1.54) is 14.2 Å². The number of H-pyrrole nitrogens is 2. The van der Waals surface area contributed by atoms with Gasteiger partial charge in [0.25, 0.3) is 0 Å². The minimum Gasteiger partial charge on any atom is -0.488 e. The number of nitrogens with zero attached hydrogens (tertiary/aromatic N) is 4. The number of fused-ring (bicyclic) bond motifs is 6. The van der Waals surface area contributed by atoms with Crippen molar-refractivity contribution in [3.63, 3.8) is 0 Å². The van der Waals surface area contributed by atoms with Crippen molar-refractivity contribution in [1.29, 1.82) is 0 Å². The van der Waals surface area contributed by atoms with Crippen LogP contribution in [0.2, 0.25) is 0 Å². The van der Waals surface area contributed by atoms with Crippen LogP contribution in [-0.2, 0) is 30.4 Å². The van der Waals surface area contributed by atoms with Gasteiger partial charge in [0.1, 0.15) is 36.1 Å². The molecule has 3 aliphatic heterocycles. The van der Waals surface area contributed by atoms with Crippen molar-refractivity contribution >= 4 is 45.8 Å². The van der Waals surface area contributed by atoms with Crippen molar-refractivity contribution < 1.29 is 46.9 Å². The molecule has 340 valence electrons. The van der Waals surface area contributed by atoms with Crippen LogP contribution in [0, 0.1) is 17.8 Å². The lowest BCUT2D eigenvalue weighted by molar-refractivity contribution is -0.139.